The molecule has 5 nitrogen and oxygen atoms in total. The minimum Gasteiger partial charge on any atom is -0.342 e. The number of benzene rings is 1. The van der Waals surface area contributed by atoms with Gasteiger partial charge in [-0.05, 0) is 44.6 Å². The van der Waals surface area contributed by atoms with Crippen molar-refractivity contribution in [2.75, 3.05) is 38.5 Å². The molecule has 0 saturated carbocycles. The molecule has 2 aliphatic heterocycles. The summed E-state index contributed by atoms with van der Waals surface area (Å²) in [6, 6.07) is 1.09. The summed E-state index contributed by atoms with van der Waals surface area (Å²) < 4.78 is 77.8. The van der Waals surface area contributed by atoms with E-state index in [2.05, 4.69) is 10.2 Å². The van der Waals surface area contributed by atoms with Crippen LogP contribution in [0.5, 0.6) is 0 Å². The monoisotopic (exact) mass is 451 g/mol. The van der Waals surface area contributed by atoms with Crippen LogP contribution in [0.1, 0.15) is 30.4 Å². The molecule has 2 fully saturated rings. The lowest BCUT2D eigenvalue weighted by molar-refractivity contribution is -0.145. The number of carbonyl (C=O) groups is 2. The molecule has 2 saturated heterocycles. The van der Waals surface area contributed by atoms with E-state index in [0.717, 1.165) is 19.4 Å². The fourth-order valence-corrected chi connectivity index (χ4v) is 4.03. The number of hydrogen-bond donors (Lipinski definition) is 1. The Kier molecular flexibility index (Phi) is 6.54. The van der Waals surface area contributed by atoms with Crippen LogP contribution in [0.4, 0.5) is 32.0 Å². The van der Waals surface area contributed by atoms with Crippen molar-refractivity contribution >= 4 is 17.5 Å². The predicted molar refractivity (Wildman–Crippen MR) is 100.0 cm³/mol. The molecule has 1 aromatic carbocycles. The maximum absolute atomic E-state index is 13.2. The number of rotatable bonds is 4. The second-order valence-electron chi connectivity index (χ2n) is 8.22. The number of nitrogens with zero attached hydrogens (tertiary/aromatic N) is 2. The van der Waals surface area contributed by atoms with Gasteiger partial charge in [-0.2, -0.15) is 26.3 Å². The fourth-order valence-electron chi connectivity index (χ4n) is 4.03. The number of hydrogen-bond acceptors (Lipinski definition) is 3. The molecular weight excluding hydrogens is 428 g/mol. The molecule has 1 N–H and O–H groups in total. The van der Waals surface area contributed by atoms with Crippen molar-refractivity contribution in [1.82, 2.24) is 9.80 Å². The summed E-state index contributed by atoms with van der Waals surface area (Å²) in [5, 5.41) is 2.07. The van der Waals surface area contributed by atoms with E-state index >= 15 is 0 Å². The highest BCUT2D eigenvalue weighted by Gasteiger charge is 2.39. The van der Waals surface area contributed by atoms with E-state index in [0.29, 0.717) is 31.8 Å². The summed E-state index contributed by atoms with van der Waals surface area (Å²) in [4.78, 5) is 28.4. The molecule has 11 heteroatoms. The summed E-state index contributed by atoms with van der Waals surface area (Å²) in [6.45, 7) is 2.29. The normalized spacial score (nSPS) is 21.0. The molecule has 0 aliphatic carbocycles. The molecule has 1 aromatic rings. The second-order valence-corrected chi connectivity index (χ2v) is 8.22. The average Bonchev–Trinajstić information content (AvgIpc) is 2.62. The molecule has 2 amide bonds. The molecule has 2 aliphatic rings. The largest absolute Gasteiger partial charge is 0.418 e. The zero-order valence-corrected chi connectivity index (χ0v) is 16.8. The number of amides is 2. The lowest BCUT2D eigenvalue weighted by atomic mass is 9.91. The molecule has 0 aromatic heterocycles. The quantitative estimate of drug-likeness (QED) is 0.708. The highest BCUT2D eigenvalue weighted by molar-refractivity contribution is 5.92. The first-order chi connectivity index (χ1) is 14.3. The number of alkyl halides is 6. The van der Waals surface area contributed by atoms with Crippen LogP contribution in [0.25, 0.3) is 0 Å². The zero-order valence-electron chi connectivity index (χ0n) is 16.8. The maximum atomic E-state index is 13.2. The number of halogens is 6. The van der Waals surface area contributed by atoms with Gasteiger partial charge in [-0.25, -0.2) is 0 Å². The van der Waals surface area contributed by atoms with Gasteiger partial charge >= 0.3 is 12.4 Å². The molecule has 2 heterocycles. The van der Waals surface area contributed by atoms with Crippen LogP contribution >= 0.6 is 0 Å². The van der Waals surface area contributed by atoms with Gasteiger partial charge in [-0.3, -0.25) is 9.59 Å². The smallest absolute Gasteiger partial charge is 0.342 e. The van der Waals surface area contributed by atoms with E-state index in [9.17, 15) is 35.9 Å². The van der Waals surface area contributed by atoms with E-state index in [1.54, 1.807) is 4.90 Å². The minimum atomic E-state index is -5.06. The third-order valence-electron chi connectivity index (χ3n) is 5.64. The molecule has 1 atom stereocenters. The first-order valence-corrected chi connectivity index (χ1v) is 9.90. The number of carbonyl (C=O) groups excluding carboxylic acids is 2. The number of piperidine rings is 1. The van der Waals surface area contributed by atoms with Crippen LogP contribution in [-0.2, 0) is 21.9 Å². The van der Waals surface area contributed by atoms with Crippen LogP contribution in [0, 0.1) is 11.8 Å². The first-order valence-electron chi connectivity index (χ1n) is 9.90. The van der Waals surface area contributed by atoms with Crippen molar-refractivity contribution < 1.29 is 35.9 Å². The second kappa shape index (κ2) is 8.68. The Labute approximate surface area is 175 Å². The Hall–Kier alpha value is -2.30. The van der Waals surface area contributed by atoms with Gasteiger partial charge in [-0.1, -0.05) is 0 Å². The van der Waals surface area contributed by atoms with Crippen molar-refractivity contribution in [3.8, 4) is 0 Å². The van der Waals surface area contributed by atoms with Crippen molar-refractivity contribution in [3.63, 3.8) is 0 Å². The topological polar surface area (TPSA) is 52.7 Å². The number of likely N-dealkylation sites (tertiary alicyclic amines) is 2. The lowest BCUT2D eigenvalue weighted by Crippen LogP contribution is -2.54. The van der Waals surface area contributed by atoms with Crippen LogP contribution in [0.15, 0.2) is 18.2 Å². The highest BCUT2D eigenvalue weighted by Crippen LogP contribution is 2.39. The Morgan fingerprint density at radius 1 is 1.06 bits per heavy atom. The van der Waals surface area contributed by atoms with Gasteiger partial charge in [0.05, 0.1) is 22.7 Å². The molecule has 0 radical (unpaired) electrons. The lowest BCUT2D eigenvalue weighted by Gasteiger charge is -2.42. The van der Waals surface area contributed by atoms with Crippen LogP contribution in [-0.4, -0.2) is 54.8 Å². The molecule has 0 spiro atoms. The van der Waals surface area contributed by atoms with Crippen molar-refractivity contribution in [3.05, 3.63) is 29.3 Å². The van der Waals surface area contributed by atoms with E-state index < -0.39 is 35.1 Å². The first kappa shape index (κ1) is 23.4. The Morgan fingerprint density at radius 2 is 1.74 bits per heavy atom. The van der Waals surface area contributed by atoms with Crippen LogP contribution in [0.2, 0.25) is 0 Å². The van der Waals surface area contributed by atoms with E-state index in [4.69, 9.17) is 0 Å². The van der Waals surface area contributed by atoms with Crippen molar-refractivity contribution in [2.45, 2.75) is 31.6 Å². The van der Waals surface area contributed by atoms with Gasteiger partial charge < -0.3 is 15.1 Å². The maximum Gasteiger partial charge on any atom is 0.418 e. The van der Waals surface area contributed by atoms with Crippen LogP contribution in [0.3, 0.4) is 0 Å². The van der Waals surface area contributed by atoms with Gasteiger partial charge in [0, 0.05) is 32.0 Å². The third-order valence-corrected chi connectivity index (χ3v) is 5.64. The van der Waals surface area contributed by atoms with Gasteiger partial charge in [0.2, 0.25) is 11.8 Å². The Balaban J connectivity index is 1.56. The van der Waals surface area contributed by atoms with Gasteiger partial charge in [0.25, 0.3) is 0 Å². The van der Waals surface area contributed by atoms with Gasteiger partial charge in [0.15, 0.2) is 0 Å². The molecule has 3 rings (SSSR count). The van der Waals surface area contributed by atoms with Gasteiger partial charge in [0.1, 0.15) is 0 Å². The van der Waals surface area contributed by atoms with E-state index in [1.165, 1.54) is 0 Å². The standard InChI is InChI=1S/C20H23F6N3O2/c1-28-6-2-3-13(11-28)18(31)29-9-12(10-29)7-17(30)27-16-5-4-14(19(21,22)23)8-15(16)20(24,25)26/h4-5,8,12-13H,2-3,6-7,9-11H2,1H3,(H,27,30). The molecular formula is C20H23F6N3O2. The summed E-state index contributed by atoms with van der Waals surface area (Å²) >= 11 is 0. The van der Waals surface area contributed by atoms with Crippen molar-refractivity contribution in [2.24, 2.45) is 11.8 Å². The highest BCUT2D eigenvalue weighted by atomic mass is 19.4. The van der Waals surface area contributed by atoms with Gasteiger partial charge in [-0.15, -0.1) is 0 Å². The van der Waals surface area contributed by atoms with Crippen LogP contribution < -0.4 is 5.32 Å². The summed E-state index contributed by atoms with van der Waals surface area (Å²) in [5.41, 5.74) is -3.72. The fraction of sp³-hybridized carbons (Fsp3) is 0.600. The minimum absolute atomic E-state index is 0.0133. The van der Waals surface area contributed by atoms with Crippen molar-refractivity contribution in [1.29, 1.82) is 0 Å². The average molecular weight is 451 g/mol. The summed E-state index contributed by atoms with van der Waals surface area (Å²) in [7, 11) is 1.94. The molecule has 172 valence electrons. The van der Waals surface area contributed by atoms with E-state index in [1.807, 2.05) is 7.05 Å². The number of anilines is 1. The summed E-state index contributed by atoms with van der Waals surface area (Å²) in [5.74, 6) is -1.01. The zero-order chi connectivity index (χ0) is 23.0. The summed E-state index contributed by atoms with van der Waals surface area (Å²) in [6.07, 6.45) is -8.37. The van der Waals surface area contributed by atoms with E-state index in [-0.39, 0.29) is 30.2 Å². The SMILES string of the molecule is CN1CCCC(C(=O)N2CC(CC(=O)Nc3ccc(C(F)(F)F)cc3C(F)(F)F)C2)C1. The molecule has 31 heavy (non-hydrogen) atoms. The Bertz CT molecular complexity index is 833. The number of nitrogens with one attached hydrogen (secondary N) is 1. The Morgan fingerprint density at radius 3 is 2.32 bits per heavy atom. The third kappa shape index (κ3) is 5.69. The molecule has 0 bridgehead atoms. The molecule has 1 unspecified atom stereocenters. The predicted octanol–water partition coefficient (Wildman–Crippen LogP) is 3.85.